The number of aryl methyl sites for hydroxylation is 4. The van der Waals surface area contributed by atoms with Gasteiger partial charge < -0.3 is 4.90 Å². The van der Waals surface area contributed by atoms with Gasteiger partial charge in [-0.05, 0) is 62.8 Å². The number of aromatic nitrogens is 3. The molecule has 0 aliphatic heterocycles. The zero-order valence-electron chi connectivity index (χ0n) is 17.6. The number of nitrogens with zero attached hydrogens (tertiary/aromatic N) is 4. The quantitative estimate of drug-likeness (QED) is 0.554. The van der Waals surface area contributed by atoms with Crippen molar-refractivity contribution in [3.63, 3.8) is 0 Å². The Labute approximate surface area is 163 Å². The summed E-state index contributed by atoms with van der Waals surface area (Å²) in [5.41, 5.74) is 8.45. The summed E-state index contributed by atoms with van der Waals surface area (Å²) in [6.07, 6.45) is 5.06. The van der Waals surface area contributed by atoms with Crippen LogP contribution in [0.5, 0.6) is 0 Å². The van der Waals surface area contributed by atoms with Crippen LogP contribution in [0.1, 0.15) is 56.0 Å². The summed E-state index contributed by atoms with van der Waals surface area (Å²) in [7, 11) is 0. The number of fused-ring (bicyclic) bond motifs is 1. The van der Waals surface area contributed by atoms with Gasteiger partial charge >= 0.3 is 0 Å². The van der Waals surface area contributed by atoms with Gasteiger partial charge in [-0.3, -0.25) is 0 Å². The molecular formula is C23H32N4. The van der Waals surface area contributed by atoms with Gasteiger partial charge in [0, 0.05) is 24.8 Å². The van der Waals surface area contributed by atoms with Crippen LogP contribution in [-0.4, -0.2) is 27.7 Å². The standard InChI is InChI=1S/C23H32N4/c1-7-12-26(13-8-2)23-20(9-3)25-22-19(10-11-24-27(22)23)21-17(5)14-16(4)15-18(21)6/h10-11,14-15H,7-9,12-13H2,1-6H3. The second kappa shape index (κ2) is 8.12. The average Bonchev–Trinajstić information content (AvgIpc) is 3.00. The molecule has 2 heterocycles. The lowest BCUT2D eigenvalue weighted by Gasteiger charge is -2.23. The predicted molar refractivity (Wildman–Crippen MR) is 115 cm³/mol. The molecule has 4 heteroatoms. The molecule has 0 N–H and O–H groups in total. The largest absolute Gasteiger partial charge is 0.355 e. The van der Waals surface area contributed by atoms with Crippen LogP contribution >= 0.6 is 0 Å². The van der Waals surface area contributed by atoms with Gasteiger partial charge in [-0.1, -0.05) is 38.5 Å². The van der Waals surface area contributed by atoms with Crippen molar-refractivity contribution in [2.75, 3.05) is 18.0 Å². The minimum absolute atomic E-state index is 0.911. The molecule has 0 aliphatic carbocycles. The second-order valence-corrected chi connectivity index (χ2v) is 7.48. The maximum atomic E-state index is 5.06. The maximum absolute atomic E-state index is 5.06. The van der Waals surface area contributed by atoms with E-state index in [1.54, 1.807) is 0 Å². The van der Waals surface area contributed by atoms with E-state index >= 15 is 0 Å². The van der Waals surface area contributed by atoms with E-state index in [0.29, 0.717) is 0 Å². The van der Waals surface area contributed by atoms with Crippen molar-refractivity contribution in [2.45, 2.75) is 60.8 Å². The van der Waals surface area contributed by atoms with E-state index in [-0.39, 0.29) is 0 Å². The van der Waals surface area contributed by atoms with Gasteiger partial charge in [-0.15, -0.1) is 0 Å². The lowest BCUT2D eigenvalue weighted by atomic mass is 9.95. The number of rotatable bonds is 7. The monoisotopic (exact) mass is 364 g/mol. The van der Waals surface area contributed by atoms with Crippen LogP contribution in [0.2, 0.25) is 0 Å². The molecule has 0 radical (unpaired) electrons. The fraction of sp³-hybridized carbons (Fsp3) is 0.478. The summed E-state index contributed by atoms with van der Waals surface area (Å²) >= 11 is 0. The average molecular weight is 365 g/mol. The number of hydrogen-bond donors (Lipinski definition) is 0. The Morgan fingerprint density at radius 3 is 2.15 bits per heavy atom. The van der Waals surface area contributed by atoms with Crippen LogP contribution in [0.25, 0.3) is 16.8 Å². The minimum atomic E-state index is 0.911. The summed E-state index contributed by atoms with van der Waals surface area (Å²) < 4.78 is 2.07. The Morgan fingerprint density at radius 2 is 1.59 bits per heavy atom. The third-order valence-electron chi connectivity index (χ3n) is 5.13. The van der Waals surface area contributed by atoms with Crippen LogP contribution < -0.4 is 4.90 Å². The first-order chi connectivity index (χ1) is 13.0. The van der Waals surface area contributed by atoms with Crippen molar-refractivity contribution in [1.29, 1.82) is 0 Å². The molecule has 144 valence electrons. The molecule has 0 bridgehead atoms. The van der Waals surface area contributed by atoms with Crippen LogP contribution in [0.3, 0.4) is 0 Å². The van der Waals surface area contributed by atoms with Crippen molar-refractivity contribution >= 4 is 11.5 Å². The van der Waals surface area contributed by atoms with Crippen LogP contribution in [0.15, 0.2) is 24.4 Å². The van der Waals surface area contributed by atoms with Crippen molar-refractivity contribution in [2.24, 2.45) is 0 Å². The van der Waals surface area contributed by atoms with Crippen molar-refractivity contribution in [3.8, 4) is 11.1 Å². The molecule has 3 aromatic rings. The zero-order chi connectivity index (χ0) is 19.6. The predicted octanol–water partition coefficient (Wildman–Crippen LogP) is 5.51. The van der Waals surface area contributed by atoms with Gasteiger partial charge in [0.05, 0.1) is 5.69 Å². The zero-order valence-corrected chi connectivity index (χ0v) is 17.6. The van der Waals surface area contributed by atoms with E-state index in [9.17, 15) is 0 Å². The maximum Gasteiger partial charge on any atom is 0.164 e. The second-order valence-electron chi connectivity index (χ2n) is 7.48. The lowest BCUT2D eigenvalue weighted by Crippen LogP contribution is -2.27. The highest BCUT2D eigenvalue weighted by atomic mass is 15.4. The van der Waals surface area contributed by atoms with Crippen LogP contribution in [0, 0.1) is 20.8 Å². The summed E-state index contributed by atoms with van der Waals surface area (Å²) in [5.74, 6) is 1.17. The highest BCUT2D eigenvalue weighted by Crippen LogP contribution is 2.33. The smallest absolute Gasteiger partial charge is 0.164 e. The third-order valence-corrected chi connectivity index (χ3v) is 5.13. The number of hydrogen-bond acceptors (Lipinski definition) is 3. The molecule has 0 fully saturated rings. The van der Waals surface area contributed by atoms with E-state index in [4.69, 9.17) is 10.1 Å². The molecule has 0 aliphatic rings. The summed E-state index contributed by atoms with van der Waals surface area (Å²) in [4.78, 5) is 7.51. The first-order valence-corrected chi connectivity index (χ1v) is 10.2. The molecule has 0 unspecified atom stereocenters. The molecule has 0 saturated carbocycles. The van der Waals surface area contributed by atoms with E-state index in [1.165, 1.54) is 33.6 Å². The van der Waals surface area contributed by atoms with Gasteiger partial charge in [0.1, 0.15) is 0 Å². The molecule has 0 saturated heterocycles. The molecule has 0 amide bonds. The topological polar surface area (TPSA) is 33.4 Å². The SMILES string of the molecule is CCCN(CCC)c1c(CC)nc2c(-c3c(C)cc(C)cc3C)ccnn12. The summed E-state index contributed by atoms with van der Waals surface area (Å²) in [6, 6.07) is 6.62. The Bertz CT molecular complexity index is 910. The Kier molecular flexibility index (Phi) is 5.83. The molecule has 4 nitrogen and oxygen atoms in total. The van der Waals surface area contributed by atoms with Gasteiger partial charge in [0.25, 0.3) is 0 Å². The fourth-order valence-corrected chi connectivity index (χ4v) is 4.20. The van der Waals surface area contributed by atoms with E-state index in [1.807, 2.05) is 6.20 Å². The molecule has 27 heavy (non-hydrogen) atoms. The van der Waals surface area contributed by atoms with Gasteiger partial charge in [0.2, 0.25) is 0 Å². The fourth-order valence-electron chi connectivity index (χ4n) is 4.20. The lowest BCUT2D eigenvalue weighted by molar-refractivity contribution is 0.714. The molecule has 1 aromatic carbocycles. The van der Waals surface area contributed by atoms with Gasteiger partial charge in [0.15, 0.2) is 11.5 Å². The first-order valence-electron chi connectivity index (χ1n) is 10.2. The highest BCUT2D eigenvalue weighted by Gasteiger charge is 2.21. The number of anilines is 1. The Morgan fingerprint density at radius 1 is 0.963 bits per heavy atom. The minimum Gasteiger partial charge on any atom is -0.355 e. The summed E-state index contributed by atoms with van der Waals surface area (Å²) in [5, 5.41) is 4.71. The van der Waals surface area contributed by atoms with Crippen molar-refractivity contribution < 1.29 is 0 Å². The normalized spacial score (nSPS) is 11.3. The molecular weight excluding hydrogens is 332 g/mol. The van der Waals surface area contributed by atoms with Crippen LogP contribution in [-0.2, 0) is 6.42 Å². The first kappa shape index (κ1) is 19.4. The third kappa shape index (κ3) is 3.58. The Balaban J connectivity index is 2.27. The van der Waals surface area contributed by atoms with Gasteiger partial charge in [-0.25, -0.2) is 4.98 Å². The molecule has 2 aromatic heterocycles. The Hall–Kier alpha value is -2.36. The highest BCUT2D eigenvalue weighted by molar-refractivity contribution is 5.83. The van der Waals surface area contributed by atoms with Crippen LogP contribution in [0.4, 0.5) is 5.82 Å². The van der Waals surface area contributed by atoms with E-state index in [0.717, 1.165) is 43.7 Å². The van der Waals surface area contributed by atoms with E-state index in [2.05, 4.69) is 69.2 Å². The summed E-state index contributed by atoms with van der Waals surface area (Å²) in [6.45, 7) is 15.2. The van der Waals surface area contributed by atoms with E-state index < -0.39 is 0 Å². The number of imidazole rings is 1. The molecule has 3 rings (SSSR count). The molecule has 0 atom stereocenters. The van der Waals surface area contributed by atoms with Crippen molar-refractivity contribution in [1.82, 2.24) is 14.6 Å². The number of benzene rings is 1. The molecule has 0 spiro atoms. The van der Waals surface area contributed by atoms with Crippen molar-refractivity contribution in [3.05, 3.63) is 46.8 Å². The van der Waals surface area contributed by atoms with Gasteiger partial charge in [-0.2, -0.15) is 9.61 Å².